The summed E-state index contributed by atoms with van der Waals surface area (Å²) in [6, 6.07) is 23.8. The third-order valence-electron chi connectivity index (χ3n) is 6.94. The van der Waals surface area contributed by atoms with Crippen LogP contribution in [0, 0.1) is 0 Å². The molecule has 1 aliphatic rings. The Hall–Kier alpha value is -4.50. The van der Waals surface area contributed by atoms with Crippen LogP contribution in [0.1, 0.15) is 52.8 Å². The number of carbonyl (C=O) groups excluding carboxylic acids is 2. The van der Waals surface area contributed by atoms with E-state index in [4.69, 9.17) is 21.4 Å². The Morgan fingerprint density at radius 1 is 1.07 bits per heavy atom. The quantitative estimate of drug-likeness (QED) is 0.201. The smallest absolute Gasteiger partial charge is 0.337 e. The first-order valence-electron chi connectivity index (χ1n) is 13.1. The van der Waals surface area contributed by atoms with Crippen LogP contribution in [0.5, 0.6) is 0 Å². The maximum atomic E-state index is 13.0. The SMILES string of the molecule is CCc1ccccc1NC(=O)CCN1C(=S)NC(c2ccccn2)C1c1ccc(-c2cccc(C(=O)OC)c2)o1. The van der Waals surface area contributed by atoms with Gasteiger partial charge in [-0.1, -0.05) is 43.3 Å². The normalized spacial score (nSPS) is 16.4. The number of aryl methyl sites for hydroxylation is 1. The lowest BCUT2D eigenvalue weighted by atomic mass is 10.0. The first-order chi connectivity index (χ1) is 19.5. The number of esters is 1. The third kappa shape index (κ3) is 5.74. The van der Waals surface area contributed by atoms with Crippen molar-refractivity contribution in [3.05, 3.63) is 108 Å². The predicted molar refractivity (Wildman–Crippen MR) is 157 cm³/mol. The van der Waals surface area contributed by atoms with Gasteiger partial charge in [-0.05, 0) is 66.7 Å². The number of rotatable bonds is 9. The van der Waals surface area contributed by atoms with Crippen LogP contribution in [0.3, 0.4) is 0 Å². The maximum absolute atomic E-state index is 13.0. The number of anilines is 1. The van der Waals surface area contributed by atoms with Crippen molar-refractivity contribution in [2.24, 2.45) is 0 Å². The summed E-state index contributed by atoms with van der Waals surface area (Å²) in [5, 5.41) is 6.94. The molecule has 40 heavy (non-hydrogen) atoms. The molecule has 1 aliphatic heterocycles. The molecule has 3 heterocycles. The van der Waals surface area contributed by atoms with Crippen LogP contribution in [0.25, 0.3) is 11.3 Å². The Kier molecular flexibility index (Phi) is 8.21. The van der Waals surface area contributed by atoms with Gasteiger partial charge in [-0.3, -0.25) is 9.78 Å². The van der Waals surface area contributed by atoms with E-state index in [1.807, 2.05) is 65.6 Å². The van der Waals surface area contributed by atoms with Crippen LogP contribution in [0.2, 0.25) is 0 Å². The number of thiocarbonyl (C=S) groups is 1. The van der Waals surface area contributed by atoms with Crippen molar-refractivity contribution in [2.75, 3.05) is 19.0 Å². The summed E-state index contributed by atoms with van der Waals surface area (Å²) in [5.74, 6) is 0.758. The molecule has 0 radical (unpaired) electrons. The lowest BCUT2D eigenvalue weighted by Gasteiger charge is -2.26. The average Bonchev–Trinajstić information content (AvgIpc) is 3.61. The molecule has 1 fully saturated rings. The van der Waals surface area contributed by atoms with Crippen LogP contribution in [0.4, 0.5) is 5.69 Å². The molecule has 9 heteroatoms. The van der Waals surface area contributed by atoms with E-state index in [9.17, 15) is 9.59 Å². The summed E-state index contributed by atoms with van der Waals surface area (Å²) in [4.78, 5) is 31.6. The summed E-state index contributed by atoms with van der Waals surface area (Å²) in [6.45, 7) is 2.44. The largest absolute Gasteiger partial charge is 0.465 e. The van der Waals surface area contributed by atoms with E-state index >= 15 is 0 Å². The van der Waals surface area contributed by atoms with E-state index in [1.165, 1.54) is 7.11 Å². The summed E-state index contributed by atoms with van der Waals surface area (Å²) < 4.78 is 11.2. The zero-order valence-electron chi connectivity index (χ0n) is 22.3. The van der Waals surface area contributed by atoms with E-state index in [2.05, 4.69) is 22.5 Å². The van der Waals surface area contributed by atoms with Crippen LogP contribution in [-0.4, -0.2) is 40.5 Å². The van der Waals surface area contributed by atoms with Gasteiger partial charge in [-0.25, -0.2) is 4.79 Å². The van der Waals surface area contributed by atoms with E-state index in [-0.39, 0.29) is 24.4 Å². The molecule has 1 saturated heterocycles. The van der Waals surface area contributed by atoms with Gasteiger partial charge in [0.2, 0.25) is 5.91 Å². The van der Waals surface area contributed by atoms with Gasteiger partial charge in [0.15, 0.2) is 5.11 Å². The second kappa shape index (κ2) is 12.1. The molecule has 2 aromatic heterocycles. The summed E-state index contributed by atoms with van der Waals surface area (Å²) in [5.41, 5.74) is 3.90. The molecule has 2 atom stereocenters. The van der Waals surface area contributed by atoms with E-state index < -0.39 is 5.97 Å². The minimum atomic E-state index is -0.416. The lowest BCUT2D eigenvalue weighted by Crippen LogP contribution is -2.32. The van der Waals surface area contributed by atoms with Crippen LogP contribution >= 0.6 is 12.2 Å². The minimum Gasteiger partial charge on any atom is -0.465 e. The standard InChI is InChI=1S/C31H30N4O4S/c1-3-20-9-4-5-12-23(20)33-27(36)16-18-35-29(28(34-31(35)40)24-13-6-7-17-32-24)26-15-14-25(39-26)21-10-8-11-22(19-21)30(37)38-2/h4-15,17,19,28-29H,3,16,18H2,1-2H3,(H,33,36)(H,34,40). The molecule has 2 aromatic carbocycles. The Morgan fingerprint density at radius 2 is 1.90 bits per heavy atom. The number of hydrogen-bond acceptors (Lipinski definition) is 6. The topological polar surface area (TPSA) is 96.7 Å². The number of carbonyl (C=O) groups is 2. The number of hydrogen-bond donors (Lipinski definition) is 2. The fourth-order valence-corrected chi connectivity index (χ4v) is 5.26. The Bertz CT molecular complexity index is 1520. The second-order valence-corrected chi connectivity index (χ2v) is 9.79. The summed E-state index contributed by atoms with van der Waals surface area (Å²) in [6.07, 6.45) is 2.80. The van der Waals surface area contributed by atoms with Gasteiger partial charge < -0.3 is 24.7 Å². The van der Waals surface area contributed by atoms with E-state index in [0.29, 0.717) is 28.7 Å². The monoisotopic (exact) mass is 554 g/mol. The molecule has 0 saturated carbocycles. The number of nitrogens with zero attached hydrogens (tertiary/aromatic N) is 2. The number of benzene rings is 2. The fraction of sp³-hybridized carbons (Fsp3) is 0.226. The van der Waals surface area contributed by atoms with Crippen molar-refractivity contribution in [2.45, 2.75) is 31.8 Å². The first-order valence-corrected chi connectivity index (χ1v) is 13.5. The molecule has 2 N–H and O–H groups in total. The molecule has 0 bridgehead atoms. The molecule has 8 nitrogen and oxygen atoms in total. The molecular formula is C31H30N4O4S. The zero-order valence-corrected chi connectivity index (χ0v) is 23.1. The molecule has 0 spiro atoms. The molecule has 1 amide bonds. The van der Waals surface area contributed by atoms with Crippen molar-refractivity contribution in [1.29, 1.82) is 0 Å². The van der Waals surface area contributed by atoms with Crippen molar-refractivity contribution < 1.29 is 18.7 Å². The van der Waals surface area contributed by atoms with Gasteiger partial charge in [0.1, 0.15) is 17.6 Å². The Morgan fingerprint density at radius 3 is 2.67 bits per heavy atom. The van der Waals surface area contributed by atoms with Crippen LogP contribution in [0.15, 0.2) is 89.5 Å². The molecule has 204 valence electrons. The number of amides is 1. The van der Waals surface area contributed by atoms with Gasteiger partial charge >= 0.3 is 5.97 Å². The number of pyridine rings is 1. The highest BCUT2D eigenvalue weighted by Gasteiger charge is 2.41. The van der Waals surface area contributed by atoms with Gasteiger partial charge in [0.05, 0.1) is 24.4 Å². The molecule has 0 aliphatic carbocycles. The number of nitrogens with one attached hydrogen (secondary N) is 2. The van der Waals surface area contributed by atoms with E-state index in [1.54, 1.807) is 24.4 Å². The van der Waals surface area contributed by atoms with Crippen LogP contribution in [-0.2, 0) is 16.0 Å². The third-order valence-corrected chi connectivity index (χ3v) is 7.29. The molecule has 2 unspecified atom stereocenters. The first kappa shape index (κ1) is 27.1. The van der Waals surface area contributed by atoms with Crippen molar-refractivity contribution in [3.63, 3.8) is 0 Å². The van der Waals surface area contributed by atoms with Gasteiger partial charge in [-0.15, -0.1) is 0 Å². The zero-order chi connectivity index (χ0) is 28.1. The number of aromatic nitrogens is 1. The van der Waals surface area contributed by atoms with Gasteiger partial charge in [0.25, 0.3) is 0 Å². The molecule has 4 aromatic rings. The highest BCUT2D eigenvalue weighted by molar-refractivity contribution is 7.80. The molecule has 5 rings (SSSR count). The average molecular weight is 555 g/mol. The number of ether oxygens (including phenoxy) is 1. The van der Waals surface area contributed by atoms with Crippen molar-refractivity contribution in [3.8, 4) is 11.3 Å². The Balaban J connectivity index is 1.40. The lowest BCUT2D eigenvalue weighted by molar-refractivity contribution is -0.116. The van der Waals surface area contributed by atoms with Gasteiger partial charge in [0, 0.05) is 30.4 Å². The minimum absolute atomic E-state index is 0.0940. The Labute approximate surface area is 238 Å². The highest BCUT2D eigenvalue weighted by Crippen LogP contribution is 2.40. The number of furan rings is 1. The summed E-state index contributed by atoms with van der Waals surface area (Å²) in [7, 11) is 1.35. The fourth-order valence-electron chi connectivity index (χ4n) is 4.92. The second-order valence-electron chi connectivity index (χ2n) is 9.40. The molecular weight excluding hydrogens is 524 g/mol. The number of para-hydroxylation sites is 1. The maximum Gasteiger partial charge on any atom is 0.337 e. The predicted octanol–water partition coefficient (Wildman–Crippen LogP) is 5.69. The van der Waals surface area contributed by atoms with Crippen LogP contribution < -0.4 is 10.6 Å². The van der Waals surface area contributed by atoms with E-state index in [0.717, 1.165) is 28.9 Å². The van der Waals surface area contributed by atoms with Crippen molar-refractivity contribution >= 4 is 34.9 Å². The highest BCUT2D eigenvalue weighted by atomic mass is 32.1. The van der Waals surface area contributed by atoms with Gasteiger partial charge in [-0.2, -0.15) is 0 Å². The van der Waals surface area contributed by atoms with Crippen molar-refractivity contribution in [1.82, 2.24) is 15.2 Å². The number of methoxy groups -OCH3 is 1. The summed E-state index contributed by atoms with van der Waals surface area (Å²) >= 11 is 5.74.